The fraction of sp³-hybridized carbons (Fsp3) is 0.474. The molecule has 0 bridgehead atoms. The van der Waals surface area contributed by atoms with Crippen molar-refractivity contribution >= 4 is 17.1 Å². The number of nitrogens with two attached hydrogens (primary N) is 1. The van der Waals surface area contributed by atoms with Crippen LogP contribution in [0.15, 0.2) is 33.9 Å². The zero-order valence-corrected chi connectivity index (χ0v) is 14.8. The van der Waals surface area contributed by atoms with Gasteiger partial charge in [-0.3, -0.25) is 9.59 Å². The second kappa shape index (κ2) is 7.99. The molecule has 0 aliphatic heterocycles. The molecular formula is C19H27N3O2. The highest BCUT2D eigenvalue weighted by molar-refractivity contribution is 5.72. The maximum Gasteiger partial charge on any atom is 0.253 e. The molecule has 2 aromatic rings. The molecule has 0 spiro atoms. The van der Waals surface area contributed by atoms with Gasteiger partial charge in [0.25, 0.3) is 10.9 Å². The van der Waals surface area contributed by atoms with Gasteiger partial charge in [-0.1, -0.05) is 38.3 Å². The molecule has 0 aromatic heterocycles. The topological polar surface area (TPSA) is 66.6 Å². The Morgan fingerprint density at radius 1 is 0.958 bits per heavy atom. The largest absolute Gasteiger partial charge is 0.394 e. The Labute approximate surface area is 143 Å². The quantitative estimate of drug-likeness (QED) is 0.565. The predicted molar refractivity (Wildman–Crippen MR) is 102 cm³/mol. The maximum absolute atomic E-state index is 11.9. The number of nitrogens with zero attached hydrogens (tertiary/aromatic N) is 2. The first-order valence-corrected chi connectivity index (χ1v) is 8.55. The van der Waals surface area contributed by atoms with Gasteiger partial charge in [0, 0.05) is 32.9 Å². The second-order valence-electron chi connectivity index (χ2n) is 6.46. The zero-order valence-electron chi connectivity index (χ0n) is 14.8. The Hall–Kier alpha value is -2.30. The van der Waals surface area contributed by atoms with E-state index in [0.717, 1.165) is 37.1 Å². The van der Waals surface area contributed by atoms with Crippen molar-refractivity contribution in [3.8, 4) is 0 Å². The summed E-state index contributed by atoms with van der Waals surface area (Å²) >= 11 is 0. The van der Waals surface area contributed by atoms with Crippen molar-refractivity contribution in [2.45, 2.75) is 39.2 Å². The third-order valence-corrected chi connectivity index (χ3v) is 4.35. The first kappa shape index (κ1) is 18.0. The standard InChI is InChI=1S/C19H27N3O2/c1-4-5-6-7-12-22(17-16(20)18(23)19(17)24)13-14-8-10-15(11-9-14)21(2)3/h8-11H,4-7,12-13,20H2,1-3H3. The van der Waals surface area contributed by atoms with Crippen LogP contribution >= 0.6 is 0 Å². The highest BCUT2D eigenvalue weighted by Crippen LogP contribution is 2.21. The van der Waals surface area contributed by atoms with E-state index in [9.17, 15) is 9.59 Å². The smallest absolute Gasteiger partial charge is 0.253 e. The molecule has 0 fully saturated rings. The molecule has 0 atom stereocenters. The molecule has 130 valence electrons. The van der Waals surface area contributed by atoms with Crippen molar-refractivity contribution in [3.63, 3.8) is 0 Å². The summed E-state index contributed by atoms with van der Waals surface area (Å²) in [6.07, 6.45) is 4.44. The Morgan fingerprint density at radius 3 is 2.17 bits per heavy atom. The number of nitrogen functional groups attached to an aromatic ring is 1. The first-order valence-electron chi connectivity index (χ1n) is 8.55. The molecule has 2 N–H and O–H groups in total. The number of unbranched alkanes of at least 4 members (excludes halogenated alkanes) is 3. The van der Waals surface area contributed by atoms with Crippen LogP contribution in [0.3, 0.4) is 0 Å². The van der Waals surface area contributed by atoms with Crippen molar-refractivity contribution in [2.75, 3.05) is 36.2 Å². The van der Waals surface area contributed by atoms with E-state index in [-0.39, 0.29) is 5.69 Å². The Bertz CT molecular complexity index is 728. The van der Waals surface area contributed by atoms with E-state index in [2.05, 4.69) is 31.2 Å². The zero-order chi connectivity index (χ0) is 17.7. The molecule has 2 rings (SSSR count). The van der Waals surface area contributed by atoms with Gasteiger partial charge in [-0.25, -0.2) is 0 Å². The van der Waals surface area contributed by atoms with Crippen molar-refractivity contribution in [1.82, 2.24) is 0 Å². The molecule has 0 radical (unpaired) electrons. The number of hydrogen-bond acceptors (Lipinski definition) is 5. The molecule has 0 heterocycles. The predicted octanol–water partition coefficient (Wildman–Crippen LogP) is 2.52. The summed E-state index contributed by atoms with van der Waals surface area (Å²) in [6, 6.07) is 8.21. The van der Waals surface area contributed by atoms with Crippen molar-refractivity contribution in [3.05, 3.63) is 50.3 Å². The lowest BCUT2D eigenvalue weighted by Crippen LogP contribution is -2.42. The summed E-state index contributed by atoms with van der Waals surface area (Å²) in [7, 11) is 4.00. The average molecular weight is 329 g/mol. The molecular weight excluding hydrogens is 302 g/mol. The van der Waals surface area contributed by atoms with Crippen LogP contribution in [0.4, 0.5) is 17.1 Å². The minimum absolute atomic E-state index is 0.111. The van der Waals surface area contributed by atoms with Crippen molar-refractivity contribution in [2.24, 2.45) is 0 Å². The number of anilines is 3. The molecule has 24 heavy (non-hydrogen) atoms. The normalized spacial score (nSPS) is 11.0. The lowest BCUT2D eigenvalue weighted by molar-refractivity contribution is 0.641. The van der Waals surface area contributed by atoms with Gasteiger partial charge in [-0.15, -0.1) is 0 Å². The molecule has 0 unspecified atom stereocenters. The first-order chi connectivity index (χ1) is 11.5. The maximum atomic E-state index is 11.9. The third kappa shape index (κ3) is 3.96. The molecule has 5 nitrogen and oxygen atoms in total. The van der Waals surface area contributed by atoms with Crippen LogP contribution in [0.5, 0.6) is 0 Å². The summed E-state index contributed by atoms with van der Waals surface area (Å²) in [5.74, 6) is 0. The third-order valence-electron chi connectivity index (χ3n) is 4.35. The summed E-state index contributed by atoms with van der Waals surface area (Å²) in [6.45, 7) is 3.50. The van der Waals surface area contributed by atoms with Crippen molar-refractivity contribution < 1.29 is 0 Å². The highest BCUT2D eigenvalue weighted by atomic mass is 16.2. The van der Waals surface area contributed by atoms with Crippen LogP contribution in [-0.4, -0.2) is 20.6 Å². The molecule has 0 amide bonds. The summed E-state index contributed by atoms with van der Waals surface area (Å²) in [5.41, 5.74) is 7.50. The van der Waals surface area contributed by atoms with E-state index in [0.29, 0.717) is 12.2 Å². The van der Waals surface area contributed by atoms with Crippen molar-refractivity contribution in [1.29, 1.82) is 0 Å². The van der Waals surface area contributed by atoms with Crippen LogP contribution in [0.25, 0.3) is 0 Å². The number of benzene rings is 1. The van der Waals surface area contributed by atoms with E-state index >= 15 is 0 Å². The monoisotopic (exact) mass is 329 g/mol. The van der Waals surface area contributed by atoms with E-state index in [4.69, 9.17) is 5.73 Å². The molecule has 2 aromatic carbocycles. The summed E-state index contributed by atoms with van der Waals surface area (Å²) in [4.78, 5) is 27.4. The summed E-state index contributed by atoms with van der Waals surface area (Å²) < 4.78 is 0. The van der Waals surface area contributed by atoms with E-state index in [1.165, 1.54) is 6.42 Å². The van der Waals surface area contributed by atoms with Crippen LogP contribution in [-0.2, 0) is 6.54 Å². The van der Waals surface area contributed by atoms with Gasteiger partial charge in [0.05, 0.1) is 0 Å². The fourth-order valence-corrected chi connectivity index (χ4v) is 2.83. The molecule has 0 aliphatic carbocycles. The van der Waals surface area contributed by atoms with Gasteiger partial charge in [0.2, 0.25) is 0 Å². The number of hydrogen-bond donors (Lipinski definition) is 1. The second-order valence-corrected chi connectivity index (χ2v) is 6.46. The highest BCUT2D eigenvalue weighted by Gasteiger charge is 2.23. The Kier molecular flexibility index (Phi) is 6.01. The van der Waals surface area contributed by atoms with Crippen LogP contribution in [0.1, 0.15) is 38.2 Å². The van der Waals surface area contributed by atoms with Gasteiger partial charge in [0.15, 0.2) is 0 Å². The SMILES string of the molecule is CCCCCCN(Cc1ccc(N(C)C)cc1)c1c(N)c(=O)c1=O. The van der Waals surface area contributed by atoms with E-state index < -0.39 is 10.9 Å². The number of rotatable bonds is 9. The molecule has 0 aliphatic rings. The van der Waals surface area contributed by atoms with Gasteiger partial charge in [-0.2, -0.15) is 0 Å². The average Bonchev–Trinajstić information content (AvgIpc) is 2.58. The molecule has 5 heteroatoms. The Balaban J connectivity index is 2.13. The van der Waals surface area contributed by atoms with Gasteiger partial charge in [-0.05, 0) is 24.1 Å². The fourth-order valence-electron chi connectivity index (χ4n) is 2.83. The lowest BCUT2D eigenvalue weighted by atomic mass is 10.1. The molecule has 0 saturated carbocycles. The van der Waals surface area contributed by atoms with Gasteiger partial charge in [0.1, 0.15) is 11.4 Å². The minimum Gasteiger partial charge on any atom is -0.394 e. The van der Waals surface area contributed by atoms with Crippen LogP contribution in [0.2, 0.25) is 0 Å². The lowest BCUT2D eigenvalue weighted by Gasteiger charge is -2.27. The Morgan fingerprint density at radius 2 is 1.62 bits per heavy atom. The van der Waals surface area contributed by atoms with E-state index in [1.54, 1.807) is 0 Å². The van der Waals surface area contributed by atoms with E-state index in [1.807, 2.05) is 23.9 Å². The molecule has 0 saturated heterocycles. The minimum atomic E-state index is -0.550. The summed E-state index contributed by atoms with van der Waals surface area (Å²) in [5, 5.41) is 0. The van der Waals surface area contributed by atoms with Gasteiger partial charge < -0.3 is 15.5 Å². The van der Waals surface area contributed by atoms with Crippen LogP contribution < -0.4 is 26.4 Å². The van der Waals surface area contributed by atoms with Crippen LogP contribution in [0, 0.1) is 0 Å². The van der Waals surface area contributed by atoms with Gasteiger partial charge >= 0.3 is 0 Å².